The second-order valence-corrected chi connectivity index (χ2v) is 7.47. The molecule has 31 heavy (non-hydrogen) atoms. The van der Waals surface area contributed by atoms with E-state index in [1.165, 1.54) is 0 Å². The van der Waals surface area contributed by atoms with Gasteiger partial charge in [-0.15, -0.1) is 0 Å². The van der Waals surface area contributed by atoms with Crippen LogP contribution in [-0.4, -0.2) is 32.5 Å². The average Bonchev–Trinajstić information content (AvgIpc) is 2.82. The van der Waals surface area contributed by atoms with Crippen LogP contribution in [-0.2, 0) is 6.54 Å². The molecule has 7 heteroatoms. The van der Waals surface area contributed by atoms with Gasteiger partial charge in [-0.2, -0.15) is 0 Å². The zero-order valence-corrected chi connectivity index (χ0v) is 18.1. The van der Waals surface area contributed by atoms with Crippen molar-refractivity contribution >= 4 is 17.3 Å². The van der Waals surface area contributed by atoms with Crippen molar-refractivity contribution in [1.82, 2.24) is 0 Å². The quantitative estimate of drug-likeness (QED) is 0.547. The second kappa shape index (κ2) is 9.37. The summed E-state index contributed by atoms with van der Waals surface area (Å²) in [5, 5.41) is 15.2. The highest BCUT2D eigenvalue weighted by Crippen LogP contribution is 2.41. The van der Waals surface area contributed by atoms with Crippen molar-refractivity contribution in [3.8, 4) is 23.0 Å². The van der Waals surface area contributed by atoms with Crippen molar-refractivity contribution in [3.05, 3.63) is 76.3 Å². The molecule has 1 heterocycles. The molecule has 1 aliphatic rings. The maximum Gasteiger partial charge on any atom is 0.167 e. The number of aliphatic hydroxyl groups is 1. The average molecular weight is 442 g/mol. The van der Waals surface area contributed by atoms with Gasteiger partial charge in [0.2, 0.25) is 0 Å². The van der Waals surface area contributed by atoms with Gasteiger partial charge in [-0.1, -0.05) is 23.7 Å². The van der Waals surface area contributed by atoms with Gasteiger partial charge < -0.3 is 29.4 Å². The van der Waals surface area contributed by atoms with E-state index in [0.29, 0.717) is 53.2 Å². The van der Waals surface area contributed by atoms with E-state index >= 15 is 0 Å². The van der Waals surface area contributed by atoms with E-state index in [9.17, 15) is 5.11 Å². The Balaban J connectivity index is 1.63. The normalized spacial score (nSPS) is 13.4. The summed E-state index contributed by atoms with van der Waals surface area (Å²) < 4.78 is 22.2. The van der Waals surface area contributed by atoms with Crippen molar-refractivity contribution in [2.45, 2.75) is 12.6 Å². The van der Waals surface area contributed by atoms with Gasteiger partial charge in [0.15, 0.2) is 11.5 Å². The molecule has 0 amide bonds. The highest BCUT2D eigenvalue weighted by Gasteiger charge is 2.24. The summed E-state index contributed by atoms with van der Waals surface area (Å²) >= 11 is 6.26. The summed E-state index contributed by atoms with van der Waals surface area (Å²) in [6.45, 7) is 1.41. The summed E-state index contributed by atoms with van der Waals surface area (Å²) in [5.41, 5.74) is 2.98. The fraction of sp³-hybridized carbons (Fsp3) is 0.250. The first-order valence-corrected chi connectivity index (χ1v) is 10.3. The summed E-state index contributed by atoms with van der Waals surface area (Å²) in [5.74, 6) is 2.62. The molecule has 0 aliphatic carbocycles. The Labute approximate surface area is 186 Å². The lowest BCUT2D eigenvalue weighted by Crippen LogP contribution is -2.18. The van der Waals surface area contributed by atoms with Crippen LogP contribution < -0.4 is 24.3 Å². The molecule has 3 aromatic carbocycles. The molecule has 0 aromatic heterocycles. The number of aliphatic hydroxyl groups excluding tert-OH is 1. The molecule has 0 radical (unpaired) electrons. The first-order chi connectivity index (χ1) is 15.1. The van der Waals surface area contributed by atoms with E-state index in [0.717, 1.165) is 17.0 Å². The number of hydrogen-bond acceptors (Lipinski definition) is 6. The van der Waals surface area contributed by atoms with Crippen LogP contribution in [0.15, 0.2) is 54.6 Å². The first-order valence-electron chi connectivity index (χ1n) is 9.91. The number of anilines is 1. The lowest BCUT2D eigenvalue weighted by molar-refractivity contribution is 0.158. The second-order valence-electron chi connectivity index (χ2n) is 7.04. The lowest BCUT2D eigenvalue weighted by Gasteiger charge is -2.24. The molecule has 2 N–H and O–H groups in total. The molecule has 0 saturated carbocycles. The number of benzene rings is 3. The van der Waals surface area contributed by atoms with Crippen molar-refractivity contribution in [1.29, 1.82) is 0 Å². The Hall–Kier alpha value is -3.09. The number of rotatable bonds is 7. The predicted molar refractivity (Wildman–Crippen MR) is 120 cm³/mol. The van der Waals surface area contributed by atoms with Crippen molar-refractivity contribution in [2.24, 2.45) is 0 Å². The van der Waals surface area contributed by atoms with Gasteiger partial charge >= 0.3 is 0 Å². The minimum absolute atomic E-state index is 0.439. The fourth-order valence-corrected chi connectivity index (χ4v) is 3.77. The fourth-order valence-electron chi connectivity index (χ4n) is 3.59. The summed E-state index contributed by atoms with van der Waals surface area (Å²) in [4.78, 5) is 0. The minimum Gasteiger partial charge on any atom is -0.497 e. The molecule has 3 aromatic rings. The standard InChI is InChI=1S/C24H24ClNO5/c1-28-17-8-6-15(22(13-17)29-2)14-26-20-9-7-16(25)12-19(20)23(27)18-4-3-5-21-24(18)31-11-10-30-21/h3-9,12-13,23,26-27H,10-11,14H2,1-2H3. The molecule has 1 aliphatic heterocycles. The van der Waals surface area contributed by atoms with Gasteiger partial charge in [-0.25, -0.2) is 0 Å². The van der Waals surface area contributed by atoms with Crippen LogP contribution in [0.2, 0.25) is 5.02 Å². The molecule has 4 rings (SSSR count). The van der Waals surface area contributed by atoms with Gasteiger partial charge in [0.1, 0.15) is 30.8 Å². The largest absolute Gasteiger partial charge is 0.497 e. The zero-order valence-electron chi connectivity index (χ0n) is 17.4. The van der Waals surface area contributed by atoms with Gasteiger partial charge in [0.05, 0.1) is 14.2 Å². The molecular formula is C24H24ClNO5. The Morgan fingerprint density at radius 2 is 1.84 bits per heavy atom. The Bertz CT molecular complexity index is 1070. The smallest absolute Gasteiger partial charge is 0.167 e. The number of para-hydroxylation sites is 1. The van der Waals surface area contributed by atoms with E-state index in [4.69, 9.17) is 30.5 Å². The number of methoxy groups -OCH3 is 2. The molecule has 0 saturated heterocycles. The summed E-state index contributed by atoms with van der Waals surface area (Å²) in [7, 11) is 3.24. The number of ether oxygens (including phenoxy) is 4. The molecule has 1 unspecified atom stereocenters. The molecule has 0 fully saturated rings. The van der Waals surface area contributed by atoms with Gasteiger partial charge in [0.25, 0.3) is 0 Å². The minimum atomic E-state index is -0.949. The van der Waals surface area contributed by atoms with E-state index < -0.39 is 6.10 Å². The highest BCUT2D eigenvalue weighted by atomic mass is 35.5. The molecule has 1 atom stereocenters. The number of nitrogens with one attached hydrogen (secondary N) is 1. The van der Waals surface area contributed by atoms with E-state index in [1.807, 2.05) is 42.5 Å². The Morgan fingerprint density at radius 3 is 2.65 bits per heavy atom. The summed E-state index contributed by atoms with van der Waals surface area (Å²) in [6, 6.07) is 16.5. The highest BCUT2D eigenvalue weighted by molar-refractivity contribution is 6.30. The third-order valence-electron chi connectivity index (χ3n) is 5.16. The molecule has 0 spiro atoms. The van der Waals surface area contributed by atoms with Crippen molar-refractivity contribution in [3.63, 3.8) is 0 Å². The van der Waals surface area contributed by atoms with Gasteiger partial charge in [0, 0.05) is 40.0 Å². The lowest BCUT2D eigenvalue weighted by atomic mass is 9.98. The molecule has 0 bridgehead atoms. The van der Waals surface area contributed by atoms with Crippen LogP contribution in [0.5, 0.6) is 23.0 Å². The zero-order chi connectivity index (χ0) is 21.8. The molecular weight excluding hydrogens is 418 g/mol. The monoisotopic (exact) mass is 441 g/mol. The molecule has 6 nitrogen and oxygen atoms in total. The van der Waals surface area contributed by atoms with E-state index in [-0.39, 0.29) is 0 Å². The van der Waals surface area contributed by atoms with Crippen molar-refractivity contribution < 1.29 is 24.1 Å². The van der Waals surface area contributed by atoms with Crippen LogP contribution in [0, 0.1) is 0 Å². The SMILES string of the molecule is COc1ccc(CNc2ccc(Cl)cc2C(O)c2cccc3c2OCCO3)c(OC)c1. The van der Waals surface area contributed by atoms with Crippen LogP contribution in [0.1, 0.15) is 22.8 Å². The maximum atomic E-state index is 11.2. The topological polar surface area (TPSA) is 69.2 Å². The Kier molecular flexibility index (Phi) is 6.39. The van der Waals surface area contributed by atoms with Crippen molar-refractivity contribution in [2.75, 3.05) is 32.8 Å². The van der Waals surface area contributed by atoms with Crippen LogP contribution >= 0.6 is 11.6 Å². The van der Waals surface area contributed by atoms with E-state index in [2.05, 4.69) is 5.32 Å². The first kappa shape index (κ1) is 21.2. The van der Waals surface area contributed by atoms with Crippen LogP contribution in [0.25, 0.3) is 0 Å². The van der Waals surface area contributed by atoms with Gasteiger partial charge in [-0.05, 0) is 36.4 Å². The van der Waals surface area contributed by atoms with E-state index in [1.54, 1.807) is 26.4 Å². The predicted octanol–water partition coefficient (Wildman–Crippen LogP) is 4.82. The third-order valence-corrected chi connectivity index (χ3v) is 5.40. The maximum absolute atomic E-state index is 11.2. The van der Waals surface area contributed by atoms with Crippen LogP contribution in [0.4, 0.5) is 5.69 Å². The Morgan fingerprint density at radius 1 is 1.00 bits per heavy atom. The number of halogens is 1. The third kappa shape index (κ3) is 4.50. The number of hydrogen-bond donors (Lipinski definition) is 2. The molecule has 162 valence electrons. The number of fused-ring (bicyclic) bond motifs is 1. The van der Waals surface area contributed by atoms with Gasteiger partial charge in [-0.3, -0.25) is 0 Å². The summed E-state index contributed by atoms with van der Waals surface area (Å²) in [6.07, 6.45) is -0.949. The van der Waals surface area contributed by atoms with Crippen LogP contribution in [0.3, 0.4) is 0 Å².